The van der Waals surface area contributed by atoms with E-state index < -0.39 is 0 Å². The van der Waals surface area contributed by atoms with Gasteiger partial charge in [-0.15, -0.1) is 11.3 Å². The first kappa shape index (κ1) is 17.0. The second-order valence-electron chi connectivity index (χ2n) is 6.11. The minimum atomic E-state index is 0.253. The molecule has 1 aromatic carbocycles. The molecule has 0 atom stereocenters. The average molecular weight is 344 g/mol. The summed E-state index contributed by atoms with van der Waals surface area (Å²) in [4.78, 5) is 18.1. The standard InChI is InChI=1S/C19H24N2O2S/c1-23-17-7-5-16(6-8-17)15-20-9-3-10-21(12-11-20)19(22)14-18-4-2-13-24-18/h2,4-8,13H,3,9-12,14-15H2,1H3. The van der Waals surface area contributed by atoms with Crippen molar-refractivity contribution in [2.75, 3.05) is 33.3 Å². The third-order valence-corrected chi connectivity index (χ3v) is 5.29. The number of thiophene rings is 1. The van der Waals surface area contributed by atoms with Gasteiger partial charge in [0.25, 0.3) is 0 Å². The molecule has 1 aliphatic rings. The fourth-order valence-electron chi connectivity index (χ4n) is 3.04. The van der Waals surface area contributed by atoms with Gasteiger partial charge in [-0.05, 0) is 35.6 Å². The lowest BCUT2D eigenvalue weighted by Gasteiger charge is -2.22. The van der Waals surface area contributed by atoms with Crippen LogP contribution >= 0.6 is 11.3 Å². The van der Waals surface area contributed by atoms with Gasteiger partial charge in [0.05, 0.1) is 13.5 Å². The van der Waals surface area contributed by atoms with Gasteiger partial charge >= 0.3 is 0 Å². The number of carbonyl (C=O) groups is 1. The van der Waals surface area contributed by atoms with E-state index in [4.69, 9.17) is 4.74 Å². The number of amides is 1. The molecule has 0 bridgehead atoms. The lowest BCUT2D eigenvalue weighted by Crippen LogP contribution is -2.35. The Bertz CT molecular complexity index is 640. The summed E-state index contributed by atoms with van der Waals surface area (Å²) in [6.45, 7) is 4.58. The summed E-state index contributed by atoms with van der Waals surface area (Å²) in [6.07, 6.45) is 1.57. The molecule has 5 heteroatoms. The number of carbonyl (C=O) groups excluding carboxylic acids is 1. The molecule has 2 aromatic rings. The molecule has 4 nitrogen and oxygen atoms in total. The van der Waals surface area contributed by atoms with Crippen LogP contribution in [0.4, 0.5) is 0 Å². The van der Waals surface area contributed by atoms with E-state index >= 15 is 0 Å². The minimum absolute atomic E-state index is 0.253. The minimum Gasteiger partial charge on any atom is -0.497 e. The molecule has 1 aliphatic heterocycles. The van der Waals surface area contributed by atoms with Crippen molar-refractivity contribution in [1.82, 2.24) is 9.80 Å². The van der Waals surface area contributed by atoms with Crippen molar-refractivity contribution >= 4 is 17.2 Å². The molecule has 0 N–H and O–H groups in total. The van der Waals surface area contributed by atoms with E-state index in [0.717, 1.165) is 49.8 Å². The Morgan fingerprint density at radius 3 is 2.67 bits per heavy atom. The van der Waals surface area contributed by atoms with E-state index in [9.17, 15) is 4.79 Å². The second-order valence-corrected chi connectivity index (χ2v) is 7.15. The van der Waals surface area contributed by atoms with Crippen LogP contribution in [0.3, 0.4) is 0 Å². The van der Waals surface area contributed by atoms with Crippen LogP contribution in [0, 0.1) is 0 Å². The second kappa shape index (κ2) is 8.31. The largest absolute Gasteiger partial charge is 0.497 e. The molecule has 0 aliphatic carbocycles. The van der Waals surface area contributed by atoms with Crippen LogP contribution in [0.25, 0.3) is 0 Å². The molecule has 0 saturated carbocycles. The summed E-state index contributed by atoms with van der Waals surface area (Å²) in [7, 11) is 1.69. The van der Waals surface area contributed by atoms with Gasteiger partial charge in [-0.25, -0.2) is 0 Å². The highest BCUT2D eigenvalue weighted by Gasteiger charge is 2.19. The van der Waals surface area contributed by atoms with Gasteiger partial charge < -0.3 is 9.64 Å². The molecule has 1 fully saturated rings. The van der Waals surface area contributed by atoms with E-state index in [2.05, 4.69) is 17.0 Å². The first-order valence-corrected chi connectivity index (χ1v) is 9.28. The Kier molecular flexibility index (Phi) is 5.88. The highest BCUT2D eigenvalue weighted by Crippen LogP contribution is 2.15. The van der Waals surface area contributed by atoms with E-state index in [-0.39, 0.29) is 5.91 Å². The van der Waals surface area contributed by atoms with Crippen molar-refractivity contribution in [1.29, 1.82) is 0 Å². The van der Waals surface area contributed by atoms with Gasteiger partial charge in [-0.1, -0.05) is 18.2 Å². The van der Waals surface area contributed by atoms with Gasteiger partial charge in [0.2, 0.25) is 5.91 Å². The fraction of sp³-hybridized carbons (Fsp3) is 0.421. The van der Waals surface area contributed by atoms with Crippen LogP contribution in [0.15, 0.2) is 41.8 Å². The highest BCUT2D eigenvalue weighted by atomic mass is 32.1. The van der Waals surface area contributed by atoms with Crippen LogP contribution in [0.2, 0.25) is 0 Å². The van der Waals surface area contributed by atoms with Crippen molar-refractivity contribution in [3.05, 3.63) is 52.2 Å². The Morgan fingerprint density at radius 1 is 1.12 bits per heavy atom. The summed E-state index contributed by atoms with van der Waals surface area (Å²) in [5.74, 6) is 1.14. The van der Waals surface area contributed by atoms with Crippen molar-refractivity contribution in [2.45, 2.75) is 19.4 Å². The first-order chi connectivity index (χ1) is 11.7. The Hall–Kier alpha value is -1.85. The predicted molar refractivity (Wildman–Crippen MR) is 97.5 cm³/mol. The number of ether oxygens (including phenoxy) is 1. The lowest BCUT2D eigenvalue weighted by molar-refractivity contribution is -0.130. The quantitative estimate of drug-likeness (QED) is 0.836. The first-order valence-electron chi connectivity index (χ1n) is 8.40. The Morgan fingerprint density at radius 2 is 1.96 bits per heavy atom. The zero-order chi connectivity index (χ0) is 16.8. The number of benzene rings is 1. The molecule has 3 rings (SSSR count). The topological polar surface area (TPSA) is 32.8 Å². The molecular weight excluding hydrogens is 320 g/mol. The van der Waals surface area contributed by atoms with Gasteiger partial charge in [0, 0.05) is 37.6 Å². The maximum atomic E-state index is 12.5. The molecule has 1 amide bonds. The zero-order valence-electron chi connectivity index (χ0n) is 14.1. The van der Waals surface area contributed by atoms with Crippen LogP contribution in [-0.4, -0.2) is 49.0 Å². The van der Waals surface area contributed by atoms with Gasteiger partial charge in [0.1, 0.15) is 5.75 Å². The zero-order valence-corrected chi connectivity index (χ0v) is 14.9. The van der Waals surface area contributed by atoms with Crippen molar-refractivity contribution in [3.63, 3.8) is 0 Å². The third-order valence-electron chi connectivity index (χ3n) is 4.41. The van der Waals surface area contributed by atoms with E-state index in [0.29, 0.717) is 6.42 Å². The van der Waals surface area contributed by atoms with Crippen LogP contribution < -0.4 is 4.74 Å². The Balaban J connectivity index is 1.51. The van der Waals surface area contributed by atoms with Crippen molar-refractivity contribution < 1.29 is 9.53 Å². The van der Waals surface area contributed by atoms with Crippen molar-refractivity contribution in [3.8, 4) is 5.75 Å². The number of nitrogens with zero attached hydrogens (tertiary/aromatic N) is 2. The summed E-state index contributed by atoms with van der Waals surface area (Å²) >= 11 is 1.66. The molecule has 0 spiro atoms. The third kappa shape index (κ3) is 4.58. The average Bonchev–Trinajstić information content (AvgIpc) is 3.00. The molecule has 0 radical (unpaired) electrons. The molecular formula is C19H24N2O2S. The summed E-state index contributed by atoms with van der Waals surface area (Å²) in [6, 6.07) is 12.3. The molecule has 24 heavy (non-hydrogen) atoms. The SMILES string of the molecule is COc1ccc(CN2CCCN(C(=O)Cc3cccs3)CC2)cc1. The van der Waals surface area contributed by atoms with Gasteiger partial charge in [0.15, 0.2) is 0 Å². The number of hydrogen-bond acceptors (Lipinski definition) is 4. The maximum absolute atomic E-state index is 12.5. The monoisotopic (exact) mass is 344 g/mol. The summed E-state index contributed by atoms with van der Waals surface area (Å²) < 4.78 is 5.21. The number of rotatable bonds is 5. The number of methoxy groups -OCH3 is 1. The Labute approximate surface area is 147 Å². The normalized spacial score (nSPS) is 16.0. The number of hydrogen-bond donors (Lipinski definition) is 0. The molecule has 0 unspecified atom stereocenters. The molecule has 2 heterocycles. The summed E-state index contributed by atoms with van der Waals surface area (Å²) in [5, 5.41) is 2.03. The maximum Gasteiger partial charge on any atom is 0.227 e. The fourth-order valence-corrected chi connectivity index (χ4v) is 3.74. The molecule has 1 aromatic heterocycles. The van der Waals surface area contributed by atoms with Gasteiger partial charge in [-0.2, -0.15) is 0 Å². The van der Waals surface area contributed by atoms with E-state index in [1.165, 1.54) is 5.56 Å². The van der Waals surface area contributed by atoms with Gasteiger partial charge in [-0.3, -0.25) is 9.69 Å². The molecule has 128 valence electrons. The smallest absolute Gasteiger partial charge is 0.227 e. The molecule has 1 saturated heterocycles. The van der Waals surface area contributed by atoms with Crippen LogP contribution in [-0.2, 0) is 17.8 Å². The summed E-state index contributed by atoms with van der Waals surface area (Å²) in [5.41, 5.74) is 1.29. The van der Waals surface area contributed by atoms with Crippen LogP contribution in [0.5, 0.6) is 5.75 Å². The van der Waals surface area contributed by atoms with Crippen molar-refractivity contribution in [2.24, 2.45) is 0 Å². The lowest BCUT2D eigenvalue weighted by atomic mass is 10.2. The van der Waals surface area contributed by atoms with Crippen LogP contribution in [0.1, 0.15) is 16.9 Å². The van der Waals surface area contributed by atoms with E-state index in [1.54, 1.807) is 18.4 Å². The highest BCUT2D eigenvalue weighted by molar-refractivity contribution is 7.10. The predicted octanol–water partition coefficient (Wildman–Crippen LogP) is 3.03. The van der Waals surface area contributed by atoms with E-state index in [1.807, 2.05) is 34.5 Å².